The first-order valence-electron chi connectivity index (χ1n) is 7.96. The van der Waals surface area contributed by atoms with Crippen molar-refractivity contribution in [2.45, 2.75) is 45.3 Å². The first-order chi connectivity index (χ1) is 11.6. The average Bonchev–Trinajstić information content (AvgIpc) is 2.50. The molecule has 1 aromatic rings. The molecule has 0 aliphatic carbocycles. The van der Waals surface area contributed by atoms with Crippen LogP contribution in [0.5, 0.6) is 0 Å². The van der Waals surface area contributed by atoms with Crippen molar-refractivity contribution >= 4 is 18.9 Å². The van der Waals surface area contributed by atoms with Crippen molar-refractivity contribution in [1.82, 2.24) is 10.6 Å². The molecule has 25 heavy (non-hydrogen) atoms. The van der Waals surface area contributed by atoms with Gasteiger partial charge in [-0.2, -0.15) is 4.73 Å². The van der Waals surface area contributed by atoms with Gasteiger partial charge in [0.2, 0.25) is 5.91 Å². The summed E-state index contributed by atoms with van der Waals surface area (Å²) in [6, 6.07) is 1.45. The molecule has 0 aliphatic heterocycles. The number of rotatable bonds is 8. The van der Waals surface area contributed by atoms with Gasteiger partial charge in [-0.25, -0.2) is 0 Å². The molecule has 1 heterocycles. The predicted molar refractivity (Wildman–Crippen MR) is 89.9 cm³/mol. The Hall–Kier alpha value is -2.17. The summed E-state index contributed by atoms with van der Waals surface area (Å²) in [5.74, 6) is -2.32. The van der Waals surface area contributed by atoms with E-state index in [-0.39, 0.29) is 11.5 Å². The van der Waals surface area contributed by atoms with Crippen LogP contribution in [0.25, 0.3) is 0 Å². The average molecular weight is 353 g/mol. The third kappa shape index (κ3) is 6.69. The maximum Gasteiger partial charge on any atom is 0.475 e. The molecule has 0 radical (unpaired) electrons. The van der Waals surface area contributed by atoms with Gasteiger partial charge in [0.05, 0.1) is 12.0 Å². The van der Waals surface area contributed by atoms with Gasteiger partial charge in [0.1, 0.15) is 11.6 Å². The lowest BCUT2D eigenvalue weighted by atomic mass is 9.75. The van der Waals surface area contributed by atoms with Gasteiger partial charge in [0.25, 0.3) is 5.91 Å². The Balaban J connectivity index is 2.84. The Labute approximate surface area is 146 Å². The number of nitrogens with one attached hydrogen (secondary N) is 2. The van der Waals surface area contributed by atoms with Gasteiger partial charge >= 0.3 is 7.12 Å². The van der Waals surface area contributed by atoms with Crippen LogP contribution < -0.4 is 15.4 Å². The molecule has 3 atom stereocenters. The molecule has 10 heteroatoms. The number of aliphatic hydroxyl groups is 1. The molecule has 5 N–H and O–H groups in total. The highest BCUT2D eigenvalue weighted by Gasteiger charge is 2.32. The maximum absolute atomic E-state index is 12.3. The number of carbonyl (C=O) groups is 2. The summed E-state index contributed by atoms with van der Waals surface area (Å²) >= 11 is 0. The number of nitrogens with zero attached hydrogens (tertiary/aromatic N) is 1. The zero-order chi connectivity index (χ0) is 19.1. The molecule has 0 aromatic carbocycles. The number of amides is 2. The number of hydrogen-bond acceptors (Lipinski definition) is 6. The van der Waals surface area contributed by atoms with Crippen LogP contribution >= 0.6 is 0 Å². The Kier molecular flexibility index (Phi) is 7.81. The lowest BCUT2D eigenvalue weighted by Crippen LogP contribution is -2.57. The van der Waals surface area contributed by atoms with Crippen molar-refractivity contribution < 1.29 is 29.5 Å². The maximum atomic E-state index is 12.3. The van der Waals surface area contributed by atoms with Crippen LogP contribution in [0.4, 0.5) is 0 Å². The number of hydrogen-bond donors (Lipinski definition) is 5. The minimum Gasteiger partial charge on any atom is -0.619 e. The number of carbonyl (C=O) groups excluding carboxylic acids is 2. The third-order valence-corrected chi connectivity index (χ3v) is 3.50. The van der Waals surface area contributed by atoms with Crippen molar-refractivity contribution in [2.75, 3.05) is 0 Å². The van der Waals surface area contributed by atoms with Gasteiger partial charge < -0.3 is 31.0 Å². The number of aromatic nitrogens is 1. The molecule has 1 rings (SSSR count). The zero-order valence-electron chi connectivity index (χ0n) is 14.4. The van der Waals surface area contributed by atoms with Gasteiger partial charge in [-0.1, -0.05) is 13.8 Å². The van der Waals surface area contributed by atoms with Gasteiger partial charge in [-0.05, 0) is 25.3 Å². The Morgan fingerprint density at radius 1 is 1.28 bits per heavy atom. The van der Waals surface area contributed by atoms with E-state index in [0.717, 1.165) is 6.20 Å². The summed E-state index contributed by atoms with van der Waals surface area (Å²) in [5.41, 5.74) is 0.0249. The monoisotopic (exact) mass is 353 g/mol. The van der Waals surface area contributed by atoms with E-state index in [1.807, 2.05) is 13.8 Å². The summed E-state index contributed by atoms with van der Waals surface area (Å²) in [6.45, 7) is 5.02. The second kappa shape index (κ2) is 9.35. The summed E-state index contributed by atoms with van der Waals surface area (Å²) in [7, 11) is -1.77. The highest BCUT2D eigenvalue weighted by molar-refractivity contribution is 6.43. The third-order valence-electron chi connectivity index (χ3n) is 3.50. The largest absolute Gasteiger partial charge is 0.619 e. The van der Waals surface area contributed by atoms with E-state index >= 15 is 0 Å². The van der Waals surface area contributed by atoms with E-state index < -0.39 is 37.0 Å². The van der Waals surface area contributed by atoms with Crippen molar-refractivity contribution in [3.8, 4) is 0 Å². The standard InChI is InChI=1S/C15H24BN3O6/c1-9(2)7-12(16(23)24)17-15(22)13(10(3)20)18-14(21)11-5-4-6-19(25)8-11/h4-6,8-10,12-13,20,23-24H,7H2,1-3H3,(H,17,22)(H,18,21)/t10-,12+,13+/m1/s1. The second-order valence-corrected chi connectivity index (χ2v) is 6.30. The van der Waals surface area contributed by atoms with Crippen molar-refractivity contribution in [3.63, 3.8) is 0 Å². The Morgan fingerprint density at radius 3 is 2.40 bits per heavy atom. The molecule has 1 aromatic heterocycles. The van der Waals surface area contributed by atoms with Gasteiger partial charge in [-0.15, -0.1) is 0 Å². The molecule has 0 saturated heterocycles. The number of pyridine rings is 1. The summed E-state index contributed by atoms with van der Waals surface area (Å²) in [5, 5.41) is 44.5. The molecule has 0 fully saturated rings. The summed E-state index contributed by atoms with van der Waals surface area (Å²) < 4.78 is 0.438. The fourth-order valence-corrected chi connectivity index (χ4v) is 2.25. The lowest BCUT2D eigenvalue weighted by Gasteiger charge is -2.25. The number of aliphatic hydroxyl groups excluding tert-OH is 1. The smallest absolute Gasteiger partial charge is 0.475 e. The van der Waals surface area contributed by atoms with Gasteiger partial charge in [0.15, 0.2) is 12.4 Å². The van der Waals surface area contributed by atoms with Crippen molar-refractivity contribution in [3.05, 3.63) is 35.3 Å². The molecule has 0 spiro atoms. The lowest BCUT2D eigenvalue weighted by molar-refractivity contribution is -0.605. The van der Waals surface area contributed by atoms with E-state index in [4.69, 9.17) is 0 Å². The predicted octanol–water partition coefficient (Wildman–Crippen LogP) is -1.66. The second-order valence-electron chi connectivity index (χ2n) is 6.30. The molecule has 0 bridgehead atoms. The minimum atomic E-state index is -1.77. The zero-order valence-corrected chi connectivity index (χ0v) is 14.4. The van der Waals surface area contributed by atoms with E-state index in [1.54, 1.807) is 0 Å². The van der Waals surface area contributed by atoms with Crippen LogP contribution in [0.2, 0.25) is 0 Å². The quantitative estimate of drug-likeness (QED) is 0.215. The summed E-state index contributed by atoms with van der Waals surface area (Å²) in [6.07, 6.45) is 1.31. The fourth-order valence-electron chi connectivity index (χ4n) is 2.25. The highest BCUT2D eigenvalue weighted by atomic mass is 16.5. The van der Waals surface area contributed by atoms with Crippen LogP contribution in [0.15, 0.2) is 24.5 Å². The van der Waals surface area contributed by atoms with Crippen molar-refractivity contribution in [1.29, 1.82) is 0 Å². The fraction of sp³-hybridized carbons (Fsp3) is 0.533. The molecular formula is C15H24BN3O6. The molecule has 0 saturated carbocycles. The topological polar surface area (TPSA) is 146 Å². The van der Waals surface area contributed by atoms with E-state index in [2.05, 4.69) is 10.6 Å². The van der Waals surface area contributed by atoms with E-state index in [9.17, 15) is 30.0 Å². The van der Waals surface area contributed by atoms with Crippen molar-refractivity contribution in [2.24, 2.45) is 5.92 Å². The van der Waals surface area contributed by atoms with Crippen LogP contribution in [-0.2, 0) is 4.79 Å². The molecule has 2 amide bonds. The van der Waals surface area contributed by atoms with Gasteiger partial charge in [-0.3, -0.25) is 9.59 Å². The Morgan fingerprint density at radius 2 is 1.92 bits per heavy atom. The normalized spacial score (nSPS) is 14.5. The Bertz CT molecular complexity index is 596. The molecule has 138 valence electrons. The van der Waals surface area contributed by atoms with Crippen LogP contribution in [-0.4, -0.2) is 52.2 Å². The van der Waals surface area contributed by atoms with Crippen LogP contribution in [0.3, 0.4) is 0 Å². The molecule has 0 aliphatic rings. The first-order valence-corrected chi connectivity index (χ1v) is 7.96. The van der Waals surface area contributed by atoms with Crippen LogP contribution in [0, 0.1) is 11.1 Å². The van der Waals surface area contributed by atoms with E-state index in [1.165, 1.54) is 25.3 Å². The minimum absolute atomic E-state index is 0.0249. The summed E-state index contributed by atoms with van der Waals surface area (Å²) in [4.78, 5) is 24.5. The van der Waals surface area contributed by atoms with E-state index in [0.29, 0.717) is 11.2 Å². The first kappa shape index (κ1) is 20.9. The highest BCUT2D eigenvalue weighted by Crippen LogP contribution is 2.07. The molecule has 9 nitrogen and oxygen atoms in total. The molecule has 0 unspecified atom stereocenters. The SMILES string of the molecule is CC(C)C[C@H](NC(=O)[C@@H](NC(=O)c1ccc[n+]([O-])c1)[C@@H](C)O)B(O)O. The van der Waals surface area contributed by atoms with Crippen LogP contribution in [0.1, 0.15) is 37.6 Å². The molecular weight excluding hydrogens is 329 g/mol. The van der Waals surface area contributed by atoms with Gasteiger partial charge in [0, 0.05) is 6.07 Å².